The highest BCUT2D eigenvalue weighted by molar-refractivity contribution is 9.10. The molecule has 500 valence electrons. The lowest BCUT2D eigenvalue weighted by molar-refractivity contribution is -0.296. The molecule has 2 N–H and O–H groups in total. The monoisotopic (exact) mass is 1410 g/mol. The number of amides is 2. The summed E-state index contributed by atoms with van der Waals surface area (Å²) in [5.41, 5.74) is -3.88. The average Bonchev–Trinajstić information content (AvgIpc) is 1.72. The zero-order valence-corrected chi connectivity index (χ0v) is 56.7. The summed E-state index contributed by atoms with van der Waals surface area (Å²) in [5, 5.41) is 20.9. The van der Waals surface area contributed by atoms with Gasteiger partial charge in [0.25, 0.3) is 23.6 Å². The van der Waals surface area contributed by atoms with Gasteiger partial charge in [-0.1, -0.05) is 103 Å². The molecule has 93 heavy (non-hydrogen) atoms. The van der Waals surface area contributed by atoms with Crippen molar-refractivity contribution in [1.82, 2.24) is 30.4 Å². The lowest BCUT2D eigenvalue weighted by Gasteiger charge is -2.31. The van der Waals surface area contributed by atoms with Gasteiger partial charge in [-0.25, -0.2) is 28.0 Å². The van der Waals surface area contributed by atoms with Gasteiger partial charge in [-0.3, -0.25) is 10.6 Å². The number of hydrogen-bond acceptors (Lipinski definition) is 18. The van der Waals surface area contributed by atoms with E-state index in [0.29, 0.717) is 55.6 Å². The second-order valence-corrected chi connectivity index (χ2v) is 28.2. The van der Waals surface area contributed by atoms with Gasteiger partial charge >= 0.3 is 24.5 Å². The standard InChI is InChI=1S/C29H33F3N4O4S.C25H26BrF3N4O4.C11H14O2S2/c1-7-9-16-41-24-19(3)17-21(33-26(37)40-27(4,5)6)22(34-24)23-35-36-25(39-23)28(15-8-2,29(30,31)32)38-18-20-13-11-10-12-14-20;1-6-12-24(25(27,28)29,35-14-16-10-8-7-9-11-16)21-33-32-20(36-21)18-17(13-15(2)19(26)31-18)30-22(34)37-23(3,4)5;1-3-4-9-14-15(12,13)11-7-5-10(2)6-8-11/h7-8,10-14,17H,1-2,9,15-16,18H2,3-6H3,(H,33,37);6-11,13H,1,12,14H2,2-5H3,(H,30,34);3,5-8H,1,4,9H2,2H3/t28-;24-;/m11./s1. The van der Waals surface area contributed by atoms with Crippen LogP contribution in [0.1, 0.15) is 107 Å². The van der Waals surface area contributed by atoms with Crippen molar-refractivity contribution in [3.05, 3.63) is 192 Å². The molecule has 2 atom stereocenters. The number of anilines is 2. The number of allylic oxidation sites excluding steroid dienone is 2. The van der Waals surface area contributed by atoms with Crippen molar-refractivity contribution >= 4 is 70.9 Å². The van der Waals surface area contributed by atoms with Crippen LogP contribution in [0.4, 0.5) is 47.3 Å². The Hall–Kier alpha value is -7.63. The predicted molar refractivity (Wildman–Crippen MR) is 351 cm³/mol. The number of halogens is 7. The Kier molecular flexibility index (Phi) is 27.4. The van der Waals surface area contributed by atoms with E-state index in [4.69, 9.17) is 27.8 Å². The summed E-state index contributed by atoms with van der Waals surface area (Å²) in [7, 11) is -2.22. The predicted octanol–water partition coefficient (Wildman–Crippen LogP) is 18.1. The van der Waals surface area contributed by atoms with Crippen molar-refractivity contribution in [3.8, 4) is 23.2 Å². The van der Waals surface area contributed by atoms with Crippen molar-refractivity contribution < 1.29 is 72.1 Å². The Morgan fingerprint density at radius 2 is 1.01 bits per heavy atom. The van der Waals surface area contributed by atoms with Crippen molar-refractivity contribution in [3.63, 3.8) is 0 Å². The minimum absolute atomic E-state index is 0.0148. The minimum atomic E-state index is -4.94. The average molecular weight is 1420 g/mol. The minimum Gasteiger partial charge on any atom is -0.444 e. The molecule has 0 fully saturated rings. The highest BCUT2D eigenvalue weighted by atomic mass is 79.9. The van der Waals surface area contributed by atoms with Gasteiger partial charge < -0.3 is 27.8 Å². The lowest BCUT2D eigenvalue weighted by atomic mass is 9.98. The van der Waals surface area contributed by atoms with Crippen LogP contribution in [0.15, 0.2) is 171 Å². The second-order valence-electron chi connectivity index (χ2n) is 22.4. The first kappa shape index (κ1) is 76.1. The van der Waals surface area contributed by atoms with Gasteiger partial charge in [0.15, 0.2) is 11.4 Å². The summed E-state index contributed by atoms with van der Waals surface area (Å²) in [6.45, 7) is 29.1. The molecule has 2 amide bonds. The van der Waals surface area contributed by atoms with Crippen LogP contribution in [0.2, 0.25) is 0 Å². The third kappa shape index (κ3) is 22.0. The highest BCUT2D eigenvalue weighted by Gasteiger charge is 2.62. The van der Waals surface area contributed by atoms with Gasteiger partial charge in [0.2, 0.25) is 20.1 Å². The number of thioether (sulfide) groups is 1. The smallest absolute Gasteiger partial charge is 0.426 e. The number of carbonyl (C=O) groups is 2. The van der Waals surface area contributed by atoms with Gasteiger partial charge in [-0.05, 0) is 148 Å². The number of nitrogens with one attached hydrogen (secondary N) is 2. The molecule has 0 saturated carbocycles. The maximum absolute atomic E-state index is 14.7. The normalized spacial score (nSPS) is 13.1. The molecular weight excluding hydrogens is 1340 g/mol. The fourth-order valence-corrected chi connectivity index (χ4v) is 11.9. The summed E-state index contributed by atoms with van der Waals surface area (Å²) in [4.78, 5) is 34.2. The van der Waals surface area contributed by atoms with Crippen LogP contribution < -0.4 is 10.6 Å². The first-order chi connectivity index (χ1) is 43.6. The summed E-state index contributed by atoms with van der Waals surface area (Å²) < 4.78 is 144. The lowest BCUT2D eigenvalue weighted by Crippen LogP contribution is -2.45. The molecule has 4 aromatic heterocycles. The van der Waals surface area contributed by atoms with Gasteiger partial charge in [-0.2, -0.15) is 26.3 Å². The highest BCUT2D eigenvalue weighted by Crippen LogP contribution is 2.48. The van der Waals surface area contributed by atoms with Crippen molar-refractivity contribution in [2.45, 2.75) is 146 Å². The molecule has 0 aliphatic rings. The van der Waals surface area contributed by atoms with E-state index < -0.39 is 80.4 Å². The van der Waals surface area contributed by atoms with E-state index in [0.717, 1.165) is 34.1 Å². The third-order valence-corrected chi connectivity index (χ3v) is 17.9. The van der Waals surface area contributed by atoms with Crippen molar-refractivity contribution in [2.24, 2.45) is 0 Å². The Balaban J connectivity index is 0.000000277. The summed E-state index contributed by atoms with van der Waals surface area (Å²) in [6.07, 6.45) is -5.77. The Bertz CT molecular complexity index is 3770. The molecule has 0 saturated heterocycles. The number of hydrogen-bond donors (Lipinski definition) is 2. The second kappa shape index (κ2) is 33.5. The van der Waals surface area contributed by atoms with Gasteiger partial charge in [0.1, 0.15) is 20.8 Å². The molecule has 0 aliphatic carbocycles. The van der Waals surface area contributed by atoms with Crippen LogP contribution >= 0.6 is 38.5 Å². The van der Waals surface area contributed by atoms with Gasteiger partial charge in [-0.15, -0.1) is 58.5 Å². The molecule has 4 heterocycles. The topological polar surface area (TPSA) is 233 Å². The number of benzene rings is 3. The molecule has 0 aliphatic heterocycles. The SMILES string of the molecule is C=CCCSS(=O)(=O)c1ccc(C)cc1.C=CCCSc1nc(-c2nnc([C@@](CC=C)(OCc3ccccc3)C(F)(F)F)o2)c(NC(=O)OC(C)(C)C)cc1C.C=CC[C@@](OCc1ccccc1)(c1nnc(-c2nc(Br)c(C)cc2NC(=O)OC(C)(C)C)o1)C(F)(F)F. The van der Waals surface area contributed by atoms with E-state index >= 15 is 0 Å². The molecule has 7 rings (SSSR count). The first-order valence-corrected chi connectivity index (χ1v) is 33.3. The third-order valence-electron chi connectivity index (χ3n) is 12.4. The van der Waals surface area contributed by atoms with Crippen LogP contribution in [0.5, 0.6) is 0 Å². The molecule has 0 unspecified atom stereocenters. The number of ether oxygens (including phenoxy) is 4. The van der Waals surface area contributed by atoms with Crippen molar-refractivity contribution in [1.29, 1.82) is 0 Å². The fraction of sp³-hybridized carbons (Fsp3) is 0.354. The Morgan fingerprint density at radius 1 is 0.591 bits per heavy atom. The van der Waals surface area contributed by atoms with Gasteiger partial charge in [0.05, 0.1) is 29.5 Å². The first-order valence-electron chi connectivity index (χ1n) is 28.5. The van der Waals surface area contributed by atoms with E-state index in [1.807, 2.05) is 6.92 Å². The van der Waals surface area contributed by atoms with E-state index in [-0.39, 0.29) is 47.8 Å². The number of carbonyl (C=O) groups excluding carboxylic acids is 2. The number of nitrogens with zero attached hydrogens (tertiary/aromatic N) is 6. The molecular formula is C65H73BrF6N8O10S3. The van der Waals surface area contributed by atoms with Crippen LogP contribution in [-0.2, 0) is 52.2 Å². The number of aryl methyl sites for hydroxylation is 3. The van der Waals surface area contributed by atoms with E-state index in [2.05, 4.69) is 83.2 Å². The van der Waals surface area contributed by atoms with E-state index in [1.54, 1.807) is 165 Å². The largest absolute Gasteiger partial charge is 0.444 e. The molecule has 0 spiro atoms. The summed E-state index contributed by atoms with van der Waals surface area (Å²) >= 11 is 4.70. The zero-order chi connectivity index (χ0) is 69.0. The van der Waals surface area contributed by atoms with Crippen LogP contribution in [0.25, 0.3) is 23.2 Å². The Morgan fingerprint density at radius 3 is 1.42 bits per heavy atom. The van der Waals surface area contributed by atoms with Crippen LogP contribution in [0, 0.1) is 20.8 Å². The zero-order valence-electron chi connectivity index (χ0n) is 52.7. The fourth-order valence-electron chi connectivity index (χ4n) is 7.92. The summed E-state index contributed by atoms with van der Waals surface area (Å²) in [6, 6.07) is 26.9. The number of pyridine rings is 2. The molecule has 0 radical (unpaired) electrons. The molecule has 3 aromatic carbocycles. The molecule has 18 nitrogen and oxygen atoms in total. The Labute approximate surface area is 553 Å². The molecule has 7 aromatic rings. The van der Waals surface area contributed by atoms with Crippen molar-refractivity contribution in [2.75, 3.05) is 22.1 Å². The van der Waals surface area contributed by atoms with Crippen LogP contribution in [-0.4, -0.2) is 86.0 Å². The number of alkyl halides is 6. The molecule has 0 bridgehead atoms. The maximum Gasteiger partial charge on any atom is 0.426 e. The number of rotatable bonds is 25. The van der Waals surface area contributed by atoms with E-state index in [9.17, 15) is 44.3 Å². The summed E-state index contributed by atoms with van der Waals surface area (Å²) in [5.74, 6) is -1.12. The number of aromatic nitrogens is 6. The van der Waals surface area contributed by atoms with Crippen LogP contribution in [0.3, 0.4) is 0 Å². The quantitative estimate of drug-likeness (QED) is 0.0135. The van der Waals surface area contributed by atoms with E-state index in [1.165, 1.54) is 11.8 Å². The molecule has 28 heteroatoms. The van der Waals surface area contributed by atoms with Gasteiger partial charge in [0, 0.05) is 24.3 Å². The maximum atomic E-state index is 14.7.